The fourth-order valence-corrected chi connectivity index (χ4v) is 2.43. The van der Waals surface area contributed by atoms with E-state index in [1.54, 1.807) is 23.5 Å². The number of esters is 2. The molecule has 0 spiro atoms. The maximum atomic E-state index is 10.7. The van der Waals surface area contributed by atoms with E-state index in [0.29, 0.717) is 11.5 Å². The first kappa shape index (κ1) is 14.6. The van der Waals surface area contributed by atoms with Crippen LogP contribution >= 0.6 is 23.5 Å². The summed E-state index contributed by atoms with van der Waals surface area (Å²) in [5.41, 5.74) is 0. The van der Waals surface area contributed by atoms with Crippen molar-refractivity contribution in [2.24, 2.45) is 0 Å². The summed E-state index contributed by atoms with van der Waals surface area (Å²) in [6.07, 6.45) is 0.976. The molecule has 0 fully saturated rings. The van der Waals surface area contributed by atoms with Crippen LogP contribution in [0.15, 0.2) is 0 Å². The van der Waals surface area contributed by atoms with E-state index >= 15 is 0 Å². The number of carbonyl (C=O) groups excluding carboxylic acids is 2. The van der Waals surface area contributed by atoms with Crippen LogP contribution in [0.25, 0.3) is 0 Å². The Hall–Kier alpha value is -0.360. The zero-order valence-electron chi connectivity index (χ0n) is 8.99. The van der Waals surface area contributed by atoms with Crippen molar-refractivity contribution in [2.75, 3.05) is 37.2 Å². The normalized spacial score (nSPS) is 9.73. The van der Waals surface area contributed by atoms with Gasteiger partial charge in [0.05, 0.1) is 25.7 Å². The van der Waals surface area contributed by atoms with Crippen LogP contribution in [0.1, 0.15) is 6.42 Å². The van der Waals surface area contributed by atoms with E-state index in [4.69, 9.17) is 0 Å². The summed E-state index contributed by atoms with van der Waals surface area (Å²) in [6.45, 7) is 0. The number of thioether (sulfide) groups is 2. The number of hydrogen-bond acceptors (Lipinski definition) is 6. The van der Waals surface area contributed by atoms with E-state index in [0.717, 1.165) is 17.9 Å². The second kappa shape index (κ2) is 10.2. The van der Waals surface area contributed by atoms with Gasteiger partial charge in [-0.3, -0.25) is 9.59 Å². The molecule has 0 rings (SSSR count). The van der Waals surface area contributed by atoms with Gasteiger partial charge in [-0.1, -0.05) is 0 Å². The van der Waals surface area contributed by atoms with Crippen LogP contribution in [-0.4, -0.2) is 49.2 Å². The lowest BCUT2D eigenvalue weighted by Gasteiger charge is -2.01. The Morgan fingerprint density at radius 2 is 1.33 bits per heavy atom. The van der Waals surface area contributed by atoms with Crippen molar-refractivity contribution in [3.05, 3.63) is 0 Å². The molecule has 0 N–H and O–H groups in total. The van der Waals surface area contributed by atoms with Crippen LogP contribution in [0.3, 0.4) is 0 Å². The van der Waals surface area contributed by atoms with Crippen LogP contribution in [0.5, 0.6) is 0 Å². The van der Waals surface area contributed by atoms with Gasteiger partial charge in [-0.05, 0) is 17.9 Å². The second-order valence-electron chi connectivity index (χ2n) is 2.61. The summed E-state index contributed by atoms with van der Waals surface area (Å²) in [5, 5.41) is 0. The zero-order valence-corrected chi connectivity index (χ0v) is 10.6. The lowest BCUT2D eigenvalue weighted by molar-refractivity contribution is -0.138. The molecule has 0 saturated heterocycles. The van der Waals surface area contributed by atoms with E-state index in [1.165, 1.54) is 14.2 Å². The van der Waals surface area contributed by atoms with Crippen molar-refractivity contribution in [3.8, 4) is 0 Å². The van der Waals surface area contributed by atoms with Gasteiger partial charge in [-0.2, -0.15) is 23.5 Å². The highest BCUT2D eigenvalue weighted by molar-refractivity contribution is 8.00. The highest BCUT2D eigenvalue weighted by Crippen LogP contribution is 2.08. The van der Waals surface area contributed by atoms with Crippen molar-refractivity contribution in [3.63, 3.8) is 0 Å². The number of ether oxygens (including phenoxy) is 2. The van der Waals surface area contributed by atoms with Crippen LogP contribution in [0.4, 0.5) is 0 Å². The third-order valence-electron chi connectivity index (χ3n) is 1.47. The van der Waals surface area contributed by atoms with Crippen molar-refractivity contribution in [2.45, 2.75) is 6.42 Å². The summed E-state index contributed by atoms with van der Waals surface area (Å²) in [4.78, 5) is 21.4. The van der Waals surface area contributed by atoms with Crippen LogP contribution in [0, 0.1) is 0 Å². The maximum Gasteiger partial charge on any atom is 0.315 e. The molecule has 6 heteroatoms. The van der Waals surface area contributed by atoms with Gasteiger partial charge in [0.1, 0.15) is 0 Å². The third kappa shape index (κ3) is 9.93. The molecule has 0 aliphatic carbocycles. The summed E-state index contributed by atoms with van der Waals surface area (Å²) in [5.74, 6) is 2.23. The predicted octanol–water partition coefficient (Wildman–Crippen LogP) is 1.19. The smallest absolute Gasteiger partial charge is 0.315 e. The van der Waals surface area contributed by atoms with Gasteiger partial charge < -0.3 is 9.47 Å². The third-order valence-corrected chi connectivity index (χ3v) is 3.51. The molecule has 0 bridgehead atoms. The van der Waals surface area contributed by atoms with Crippen LogP contribution in [0.2, 0.25) is 0 Å². The van der Waals surface area contributed by atoms with Crippen LogP contribution in [-0.2, 0) is 19.1 Å². The fraction of sp³-hybridized carbons (Fsp3) is 0.778. The Kier molecular flexibility index (Phi) is 9.92. The summed E-state index contributed by atoms with van der Waals surface area (Å²) in [7, 11) is 2.77. The average molecular weight is 252 g/mol. The molecule has 0 aromatic carbocycles. The molecule has 0 radical (unpaired) electrons. The molecule has 0 saturated carbocycles. The lowest BCUT2D eigenvalue weighted by Crippen LogP contribution is -2.05. The van der Waals surface area contributed by atoms with Crippen molar-refractivity contribution >= 4 is 35.5 Å². The molecule has 0 amide bonds. The van der Waals surface area contributed by atoms with Gasteiger partial charge in [-0.15, -0.1) is 0 Å². The van der Waals surface area contributed by atoms with Crippen LogP contribution < -0.4 is 0 Å². The lowest BCUT2D eigenvalue weighted by atomic mass is 10.6. The van der Waals surface area contributed by atoms with E-state index in [1.807, 2.05) is 0 Å². The average Bonchev–Trinajstić information content (AvgIpc) is 2.26. The van der Waals surface area contributed by atoms with Gasteiger partial charge >= 0.3 is 11.9 Å². The largest absolute Gasteiger partial charge is 0.468 e. The van der Waals surface area contributed by atoms with Gasteiger partial charge in [-0.25, -0.2) is 0 Å². The van der Waals surface area contributed by atoms with E-state index in [9.17, 15) is 9.59 Å². The predicted molar refractivity (Wildman–Crippen MR) is 63.3 cm³/mol. The van der Waals surface area contributed by atoms with E-state index in [-0.39, 0.29) is 11.9 Å². The molecule has 4 nitrogen and oxygen atoms in total. The molecule has 0 aromatic rings. The molecule has 0 aromatic heterocycles. The van der Waals surface area contributed by atoms with Crippen molar-refractivity contribution in [1.82, 2.24) is 0 Å². The number of hydrogen-bond donors (Lipinski definition) is 0. The Balaban J connectivity index is 3.11. The highest BCUT2D eigenvalue weighted by atomic mass is 32.2. The quantitative estimate of drug-likeness (QED) is 0.478. The molecule has 0 aliphatic rings. The van der Waals surface area contributed by atoms with Crippen molar-refractivity contribution < 1.29 is 19.1 Å². The molecule has 0 atom stereocenters. The first-order valence-electron chi connectivity index (χ1n) is 4.49. The minimum absolute atomic E-state index is 0.192. The molecule has 0 heterocycles. The van der Waals surface area contributed by atoms with Crippen molar-refractivity contribution in [1.29, 1.82) is 0 Å². The van der Waals surface area contributed by atoms with Gasteiger partial charge in [0, 0.05) is 0 Å². The molecule has 15 heavy (non-hydrogen) atoms. The van der Waals surface area contributed by atoms with E-state index < -0.39 is 0 Å². The molecule has 0 aliphatic heterocycles. The number of carbonyl (C=O) groups is 2. The highest BCUT2D eigenvalue weighted by Gasteiger charge is 2.01. The Labute approximate surface area is 98.5 Å². The minimum atomic E-state index is -0.192. The summed E-state index contributed by atoms with van der Waals surface area (Å²) < 4.78 is 9.00. The topological polar surface area (TPSA) is 52.6 Å². The first-order chi connectivity index (χ1) is 7.20. The Morgan fingerprint density at radius 3 is 1.67 bits per heavy atom. The molecular weight excluding hydrogens is 236 g/mol. The Morgan fingerprint density at radius 1 is 0.933 bits per heavy atom. The summed E-state index contributed by atoms with van der Waals surface area (Å²) in [6, 6.07) is 0. The second-order valence-corrected chi connectivity index (χ2v) is 4.82. The molecule has 88 valence electrons. The SMILES string of the molecule is COC(=O)CSCCCSCC(=O)OC. The number of methoxy groups -OCH3 is 2. The monoisotopic (exact) mass is 252 g/mol. The standard InChI is InChI=1S/C9H16O4S2/c1-12-8(10)6-14-4-3-5-15-7-9(11)13-2/h3-7H2,1-2H3. The minimum Gasteiger partial charge on any atom is -0.468 e. The number of rotatable bonds is 8. The Bertz CT molecular complexity index is 177. The van der Waals surface area contributed by atoms with Gasteiger partial charge in [0.25, 0.3) is 0 Å². The molecule has 0 unspecified atom stereocenters. The zero-order chi connectivity index (χ0) is 11.5. The summed E-state index contributed by atoms with van der Waals surface area (Å²) >= 11 is 3.09. The fourth-order valence-electron chi connectivity index (χ4n) is 0.692. The first-order valence-corrected chi connectivity index (χ1v) is 6.80. The maximum absolute atomic E-state index is 10.7. The van der Waals surface area contributed by atoms with E-state index in [2.05, 4.69) is 9.47 Å². The molecular formula is C9H16O4S2. The van der Waals surface area contributed by atoms with Gasteiger partial charge in [0.15, 0.2) is 0 Å². The van der Waals surface area contributed by atoms with Gasteiger partial charge in [0.2, 0.25) is 0 Å².